The molecule has 1 aromatic rings. The first kappa shape index (κ1) is 12.8. The van der Waals surface area contributed by atoms with Gasteiger partial charge in [0.05, 0.1) is 0 Å². The van der Waals surface area contributed by atoms with E-state index in [-0.39, 0.29) is 23.5 Å². The highest BCUT2D eigenvalue weighted by atomic mass is 16.3. The van der Waals surface area contributed by atoms with Gasteiger partial charge in [0.2, 0.25) is 0 Å². The van der Waals surface area contributed by atoms with Crippen LogP contribution in [0.3, 0.4) is 0 Å². The van der Waals surface area contributed by atoms with Gasteiger partial charge in [0.15, 0.2) is 11.5 Å². The van der Waals surface area contributed by atoms with Gasteiger partial charge >= 0.3 is 0 Å². The van der Waals surface area contributed by atoms with Gasteiger partial charge in [0, 0.05) is 12.2 Å². The molecular formula is C13H20O3. The van der Waals surface area contributed by atoms with Gasteiger partial charge in [-0.3, -0.25) is 0 Å². The maximum absolute atomic E-state index is 9.78. The molecule has 0 aliphatic heterocycles. The fourth-order valence-corrected chi connectivity index (χ4v) is 1.68. The van der Waals surface area contributed by atoms with Gasteiger partial charge in [0.25, 0.3) is 0 Å². The number of aliphatic hydroxyl groups is 1. The predicted molar refractivity (Wildman–Crippen MR) is 63.9 cm³/mol. The van der Waals surface area contributed by atoms with Gasteiger partial charge in [-0.05, 0) is 29.9 Å². The fraction of sp³-hybridized carbons (Fsp3) is 0.538. The normalized spacial score (nSPS) is 11.8. The molecule has 0 aromatic heterocycles. The molecule has 1 rings (SSSR count). The summed E-state index contributed by atoms with van der Waals surface area (Å²) in [6, 6.07) is 3.45. The molecule has 0 heterocycles. The Morgan fingerprint density at radius 1 is 1.12 bits per heavy atom. The van der Waals surface area contributed by atoms with Crippen molar-refractivity contribution < 1.29 is 15.3 Å². The lowest BCUT2D eigenvalue weighted by Crippen LogP contribution is -2.12. The molecule has 3 nitrogen and oxygen atoms in total. The van der Waals surface area contributed by atoms with Crippen LogP contribution in [0.4, 0.5) is 0 Å². The lowest BCUT2D eigenvalue weighted by molar-refractivity contribution is 0.288. The number of aryl methyl sites for hydroxylation is 1. The van der Waals surface area contributed by atoms with E-state index in [0.29, 0.717) is 12.8 Å². The maximum Gasteiger partial charge on any atom is 0.161 e. The fourth-order valence-electron chi connectivity index (χ4n) is 1.68. The van der Waals surface area contributed by atoms with E-state index >= 15 is 0 Å². The highest BCUT2D eigenvalue weighted by molar-refractivity contribution is 5.50. The number of hydrogen-bond donors (Lipinski definition) is 3. The Balaban J connectivity index is 3.12. The Morgan fingerprint density at radius 3 is 2.25 bits per heavy atom. The molecule has 3 heteroatoms. The first-order valence-corrected chi connectivity index (χ1v) is 5.52. The summed E-state index contributed by atoms with van der Waals surface area (Å²) in [6.45, 7) is 6.08. The van der Waals surface area contributed by atoms with E-state index in [9.17, 15) is 10.2 Å². The van der Waals surface area contributed by atoms with Crippen molar-refractivity contribution in [2.24, 2.45) is 0 Å². The van der Waals surface area contributed by atoms with E-state index in [1.54, 1.807) is 6.07 Å². The topological polar surface area (TPSA) is 60.7 Å². The molecule has 0 aliphatic rings. The second-order valence-corrected chi connectivity index (χ2v) is 5.09. The second-order valence-electron chi connectivity index (χ2n) is 5.09. The second kappa shape index (κ2) is 4.74. The van der Waals surface area contributed by atoms with Crippen molar-refractivity contribution >= 4 is 0 Å². The number of phenolic OH excluding ortho intramolecular Hbond substituents is 2. The molecule has 3 N–H and O–H groups in total. The molecule has 0 unspecified atom stereocenters. The number of aliphatic hydroxyl groups excluding tert-OH is 1. The first-order valence-electron chi connectivity index (χ1n) is 5.52. The van der Waals surface area contributed by atoms with Crippen molar-refractivity contribution in [3.05, 3.63) is 23.3 Å². The number of rotatable bonds is 3. The van der Waals surface area contributed by atoms with Crippen molar-refractivity contribution in [1.29, 1.82) is 0 Å². The SMILES string of the molecule is CC(C)(C)c1cc(CCCO)cc(O)c1O. The van der Waals surface area contributed by atoms with Gasteiger partial charge in [-0.1, -0.05) is 26.8 Å². The quantitative estimate of drug-likeness (QED) is 0.690. The average molecular weight is 224 g/mol. The van der Waals surface area contributed by atoms with Crippen molar-refractivity contribution in [1.82, 2.24) is 0 Å². The number of benzene rings is 1. The smallest absolute Gasteiger partial charge is 0.161 e. The van der Waals surface area contributed by atoms with Crippen molar-refractivity contribution in [3.63, 3.8) is 0 Å². The monoisotopic (exact) mass is 224 g/mol. The van der Waals surface area contributed by atoms with Gasteiger partial charge < -0.3 is 15.3 Å². The van der Waals surface area contributed by atoms with Crippen LogP contribution in [-0.4, -0.2) is 21.9 Å². The third-order valence-corrected chi connectivity index (χ3v) is 2.58. The Morgan fingerprint density at radius 2 is 1.75 bits per heavy atom. The summed E-state index contributed by atoms with van der Waals surface area (Å²) >= 11 is 0. The van der Waals surface area contributed by atoms with E-state index in [4.69, 9.17) is 5.11 Å². The van der Waals surface area contributed by atoms with Crippen molar-refractivity contribution in [2.75, 3.05) is 6.61 Å². The summed E-state index contributed by atoms with van der Waals surface area (Å²) in [5, 5.41) is 28.2. The largest absolute Gasteiger partial charge is 0.504 e. The Bertz CT molecular complexity index is 364. The lowest BCUT2D eigenvalue weighted by atomic mass is 9.84. The van der Waals surface area contributed by atoms with Crippen LogP contribution in [0.1, 0.15) is 38.3 Å². The minimum atomic E-state index is -0.212. The van der Waals surface area contributed by atoms with Gasteiger partial charge in [-0.2, -0.15) is 0 Å². The molecular weight excluding hydrogens is 204 g/mol. The molecule has 0 saturated heterocycles. The Kier molecular flexibility index (Phi) is 3.81. The molecule has 16 heavy (non-hydrogen) atoms. The van der Waals surface area contributed by atoms with Crippen LogP contribution in [0.2, 0.25) is 0 Å². The molecule has 0 bridgehead atoms. The van der Waals surface area contributed by atoms with E-state index < -0.39 is 0 Å². The van der Waals surface area contributed by atoms with Crippen LogP contribution >= 0.6 is 0 Å². The molecule has 90 valence electrons. The zero-order valence-electron chi connectivity index (χ0n) is 10.1. The standard InChI is InChI=1S/C13H20O3/c1-13(2,3)10-7-9(5-4-6-14)8-11(15)12(10)16/h7-8,14-16H,4-6H2,1-3H3. The summed E-state index contributed by atoms with van der Waals surface area (Å²) in [7, 11) is 0. The minimum Gasteiger partial charge on any atom is -0.504 e. The lowest BCUT2D eigenvalue weighted by Gasteiger charge is -2.22. The summed E-state index contributed by atoms with van der Waals surface area (Å²) in [6.07, 6.45) is 1.36. The summed E-state index contributed by atoms with van der Waals surface area (Å²) < 4.78 is 0. The third-order valence-electron chi connectivity index (χ3n) is 2.58. The third kappa shape index (κ3) is 2.89. The molecule has 0 spiro atoms. The predicted octanol–water partition coefficient (Wildman–Crippen LogP) is 2.32. The van der Waals surface area contributed by atoms with Gasteiger partial charge in [-0.15, -0.1) is 0 Å². The average Bonchev–Trinajstić information content (AvgIpc) is 2.17. The van der Waals surface area contributed by atoms with Crippen LogP contribution in [0.15, 0.2) is 12.1 Å². The molecule has 0 radical (unpaired) electrons. The van der Waals surface area contributed by atoms with E-state index in [2.05, 4.69) is 0 Å². The van der Waals surface area contributed by atoms with E-state index in [1.165, 1.54) is 0 Å². The summed E-state index contributed by atoms with van der Waals surface area (Å²) in [4.78, 5) is 0. The summed E-state index contributed by atoms with van der Waals surface area (Å²) in [5.74, 6) is -0.124. The Labute approximate surface area is 96.4 Å². The van der Waals surface area contributed by atoms with Gasteiger partial charge in [0.1, 0.15) is 0 Å². The van der Waals surface area contributed by atoms with Crippen LogP contribution in [0.25, 0.3) is 0 Å². The van der Waals surface area contributed by atoms with Crippen LogP contribution in [0, 0.1) is 0 Å². The van der Waals surface area contributed by atoms with Crippen LogP contribution < -0.4 is 0 Å². The minimum absolute atomic E-state index is 0.0414. The van der Waals surface area contributed by atoms with Crippen LogP contribution in [-0.2, 0) is 11.8 Å². The van der Waals surface area contributed by atoms with E-state index in [0.717, 1.165) is 11.1 Å². The van der Waals surface area contributed by atoms with Gasteiger partial charge in [-0.25, -0.2) is 0 Å². The molecule has 0 atom stereocenters. The summed E-state index contributed by atoms with van der Waals surface area (Å²) in [5.41, 5.74) is 1.46. The molecule has 0 aliphatic carbocycles. The van der Waals surface area contributed by atoms with Crippen molar-refractivity contribution in [2.45, 2.75) is 39.0 Å². The molecule has 0 amide bonds. The van der Waals surface area contributed by atoms with Crippen LogP contribution in [0.5, 0.6) is 11.5 Å². The Hall–Kier alpha value is -1.22. The maximum atomic E-state index is 9.78. The first-order chi connectivity index (χ1) is 7.36. The molecule has 0 fully saturated rings. The molecule has 1 aromatic carbocycles. The zero-order valence-corrected chi connectivity index (χ0v) is 10.1. The van der Waals surface area contributed by atoms with Crippen molar-refractivity contribution in [3.8, 4) is 11.5 Å². The van der Waals surface area contributed by atoms with E-state index in [1.807, 2.05) is 26.8 Å². The highest BCUT2D eigenvalue weighted by Crippen LogP contribution is 2.38. The number of phenols is 2. The number of aromatic hydroxyl groups is 2. The molecule has 0 saturated carbocycles. The zero-order chi connectivity index (χ0) is 12.3. The number of hydrogen-bond acceptors (Lipinski definition) is 3. The highest BCUT2D eigenvalue weighted by Gasteiger charge is 2.21.